The van der Waals surface area contributed by atoms with Gasteiger partial charge in [0.15, 0.2) is 6.29 Å². The number of hydrogen-bond acceptors (Lipinski definition) is 2. The van der Waals surface area contributed by atoms with Gasteiger partial charge in [-0.1, -0.05) is 5.92 Å². The second-order valence-corrected chi connectivity index (χ2v) is 3.79. The summed E-state index contributed by atoms with van der Waals surface area (Å²) in [5, 5.41) is 0. The second kappa shape index (κ2) is 8.28. The number of ether oxygens (including phenoxy) is 2. The summed E-state index contributed by atoms with van der Waals surface area (Å²) in [6.45, 7) is 1.66. The van der Waals surface area contributed by atoms with Crippen molar-refractivity contribution in [3.8, 4) is 10.8 Å². The third-order valence-corrected chi connectivity index (χ3v) is 2.48. The highest BCUT2D eigenvalue weighted by Crippen LogP contribution is 2.13. The minimum absolute atomic E-state index is 0.0611. The Hall–Kier alpha value is -0.0400. The predicted molar refractivity (Wildman–Crippen MR) is 60.1 cm³/mol. The maximum absolute atomic E-state index is 5.58. The third kappa shape index (κ3) is 5.64. The normalized spacial score (nSPS) is 21.4. The van der Waals surface area contributed by atoms with Crippen LogP contribution in [0, 0.1) is 10.8 Å². The van der Waals surface area contributed by atoms with Gasteiger partial charge >= 0.3 is 0 Å². The molecule has 1 rings (SSSR count). The molecule has 1 aliphatic rings. The SMILES string of the molecule is BrC#CCCCCOC1CCCCO1. The molecule has 0 N–H and O–H groups in total. The summed E-state index contributed by atoms with van der Waals surface area (Å²) < 4.78 is 11.0. The van der Waals surface area contributed by atoms with E-state index in [4.69, 9.17) is 9.47 Å². The molecular weight excluding hydrogens is 244 g/mol. The second-order valence-electron chi connectivity index (χ2n) is 3.40. The van der Waals surface area contributed by atoms with E-state index in [1.54, 1.807) is 0 Å². The van der Waals surface area contributed by atoms with Gasteiger partial charge in [0.05, 0.1) is 0 Å². The molecule has 14 heavy (non-hydrogen) atoms. The average Bonchev–Trinajstić information content (AvgIpc) is 2.25. The zero-order valence-electron chi connectivity index (χ0n) is 8.43. The van der Waals surface area contributed by atoms with Gasteiger partial charge in [-0.05, 0) is 36.9 Å². The molecule has 0 saturated carbocycles. The van der Waals surface area contributed by atoms with Crippen molar-refractivity contribution >= 4 is 15.9 Å². The highest BCUT2D eigenvalue weighted by Gasteiger charge is 2.12. The number of unbranched alkanes of at least 4 members (excludes halogenated alkanes) is 2. The minimum atomic E-state index is 0.0611. The van der Waals surface area contributed by atoms with E-state index in [0.29, 0.717) is 0 Å². The molecule has 1 saturated heterocycles. The van der Waals surface area contributed by atoms with Crippen LogP contribution in [0.2, 0.25) is 0 Å². The fourth-order valence-corrected chi connectivity index (χ4v) is 1.62. The fourth-order valence-electron chi connectivity index (χ4n) is 1.42. The molecule has 1 atom stereocenters. The molecule has 1 aliphatic heterocycles. The monoisotopic (exact) mass is 260 g/mol. The van der Waals surface area contributed by atoms with Crippen LogP contribution >= 0.6 is 15.9 Å². The lowest BCUT2D eigenvalue weighted by Crippen LogP contribution is -2.22. The van der Waals surface area contributed by atoms with Gasteiger partial charge in [0.25, 0.3) is 0 Å². The first-order valence-corrected chi connectivity index (χ1v) is 6.04. The lowest BCUT2D eigenvalue weighted by molar-refractivity contribution is -0.162. The molecule has 0 spiro atoms. The predicted octanol–water partition coefficient (Wildman–Crippen LogP) is 3.06. The highest BCUT2D eigenvalue weighted by molar-refractivity contribution is 9.12. The molecule has 80 valence electrons. The van der Waals surface area contributed by atoms with E-state index in [9.17, 15) is 0 Å². The first-order valence-electron chi connectivity index (χ1n) is 5.25. The largest absolute Gasteiger partial charge is 0.353 e. The summed E-state index contributed by atoms with van der Waals surface area (Å²) in [6, 6.07) is 0. The Bertz CT molecular complexity index is 189. The zero-order valence-corrected chi connectivity index (χ0v) is 10.0. The smallest absolute Gasteiger partial charge is 0.157 e. The molecule has 1 heterocycles. The maximum Gasteiger partial charge on any atom is 0.157 e. The summed E-state index contributed by atoms with van der Waals surface area (Å²) in [5.74, 6) is 2.97. The van der Waals surface area contributed by atoms with Gasteiger partial charge in [-0.15, -0.1) is 0 Å². The minimum Gasteiger partial charge on any atom is -0.353 e. The molecule has 1 fully saturated rings. The molecule has 0 aliphatic carbocycles. The van der Waals surface area contributed by atoms with E-state index in [1.807, 2.05) is 0 Å². The molecule has 0 radical (unpaired) electrons. The van der Waals surface area contributed by atoms with Crippen LogP contribution in [0.3, 0.4) is 0 Å². The summed E-state index contributed by atoms with van der Waals surface area (Å²) >= 11 is 3.07. The number of hydrogen-bond donors (Lipinski definition) is 0. The summed E-state index contributed by atoms with van der Waals surface area (Å²) in [7, 11) is 0. The van der Waals surface area contributed by atoms with Crippen LogP contribution in [-0.2, 0) is 9.47 Å². The van der Waals surface area contributed by atoms with Gasteiger partial charge in [0, 0.05) is 35.6 Å². The van der Waals surface area contributed by atoms with Gasteiger partial charge in [0.2, 0.25) is 0 Å². The van der Waals surface area contributed by atoms with Crippen LogP contribution in [0.25, 0.3) is 0 Å². The molecule has 0 bridgehead atoms. The van der Waals surface area contributed by atoms with Gasteiger partial charge in [-0.25, -0.2) is 0 Å². The van der Waals surface area contributed by atoms with Crippen LogP contribution < -0.4 is 0 Å². The maximum atomic E-state index is 5.58. The van der Waals surface area contributed by atoms with Crippen LogP contribution in [0.15, 0.2) is 0 Å². The van der Waals surface area contributed by atoms with Gasteiger partial charge in [0.1, 0.15) is 0 Å². The Morgan fingerprint density at radius 3 is 3.00 bits per heavy atom. The Balaban J connectivity index is 1.89. The summed E-state index contributed by atoms with van der Waals surface area (Å²) in [4.78, 5) is 2.70. The van der Waals surface area contributed by atoms with Crippen molar-refractivity contribution in [1.82, 2.24) is 0 Å². The van der Waals surface area contributed by atoms with Crippen LogP contribution in [0.4, 0.5) is 0 Å². The van der Waals surface area contributed by atoms with E-state index in [2.05, 4.69) is 26.7 Å². The van der Waals surface area contributed by atoms with E-state index < -0.39 is 0 Å². The van der Waals surface area contributed by atoms with Crippen LogP contribution in [0.5, 0.6) is 0 Å². The molecule has 2 nitrogen and oxygen atoms in total. The Labute approximate surface area is 94.5 Å². The van der Waals surface area contributed by atoms with Crippen molar-refractivity contribution in [2.75, 3.05) is 13.2 Å². The van der Waals surface area contributed by atoms with Crippen molar-refractivity contribution in [2.24, 2.45) is 0 Å². The Kier molecular flexibility index (Phi) is 7.12. The third-order valence-electron chi connectivity index (χ3n) is 2.20. The number of rotatable bonds is 5. The molecular formula is C11H17BrO2. The lowest BCUT2D eigenvalue weighted by atomic mass is 10.2. The van der Waals surface area contributed by atoms with Crippen LogP contribution in [-0.4, -0.2) is 19.5 Å². The van der Waals surface area contributed by atoms with Gasteiger partial charge in [-0.2, -0.15) is 0 Å². The topological polar surface area (TPSA) is 18.5 Å². The van der Waals surface area contributed by atoms with Crippen molar-refractivity contribution in [3.05, 3.63) is 0 Å². The molecule has 0 aromatic heterocycles. The lowest BCUT2D eigenvalue weighted by Gasteiger charge is -2.22. The van der Waals surface area contributed by atoms with Gasteiger partial charge < -0.3 is 9.47 Å². The van der Waals surface area contributed by atoms with Crippen molar-refractivity contribution < 1.29 is 9.47 Å². The van der Waals surface area contributed by atoms with Crippen molar-refractivity contribution in [1.29, 1.82) is 0 Å². The first kappa shape index (κ1) is 12.0. The highest BCUT2D eigenvalue weighted by atomic mass is 79.9. The standard InChI is InChI=1S/C11H17BrO2/c12-8-4-1-2-5-9-13-11-7-3-6-10-14-11/h11H,1-3,5-7,9-10H2. The molecule has 0 aromatic carbocycles. The average molecular weight is 261 g/mol. The summed E-state index contributed by atoms with van der Waals surface area (Å²) in [5.41, 5.74) is 0. The zero-order chi connectivity index (χ0) is 10.1. The number of halogens is 1. The first-order chi connectivity index (χ1) is 6.93. The van der Waals surface area contributed by atoms with Gasteiger partial charge in [-0.3, -0.25) is 0 Å². The molecule has 0 aromatic rings. The fraction of sp³-hybridized carbons (Fsp3) is 0.818. The molecule has 3 heteroatoms. The molecule has 1 unspecified atom stereocenters. The quantitative estimate of drug-likeness (QED) is 0.559. The Morgan fingerprint density at radius 1 is 1.36 bits per heavy atom. The van der Waals surface area contributed by atoms with E-state index in [1.165, 1.54) is 12.8 Å². The van der Waals surface area contributed by atoms with Crippen molar-refractivity contribution in [3.63, 3.8) is 0 Å². The summed E-state index contributed by atoms with van der Waals surface area (Å²) in [6.07, 6.45) is 6.65. The van der Waals surface area contributed by atoms with Crippen LogP contribution in [0.1, 0.15) is 38.5 Å². The van der Waals surface area contributed by atoms with Crippen molar-refractivity contribution in [2.45, 2.75) is 44.8 Å². The Morgan fingerprint density at radius 2 is 2.29 bits per heavy atom. The molecule has 0 amide bonds. The van der Waals surface area contributed by atoms with E-state index in [0.717, 1.165) is 38.9 Å². The van der Waals surface area contributed by atoms with E-state index >= 15 is 0 Å². The van der Waals surface area contributed by atoms with E-state index in [-0.39, 0.29) is 6.29 Å².